The maximum atomic E-state index is 9.59. The fourth-order valence-corrected chi connectivity index (χ4v) is 3.28. The first-order valence-corrected chi connectivity index (χ1v) is 9.43. The molecule has 0 spiro atoms. The summed E-state index contributed by atoms with van der Waals surface area (Å²) in [6.07, 6.45) is 2.60. The van der Waals surface area contributed by atoms with Crippen LogP contribution in [0, 0.1) is 18.3 Å². The largest absolute Gasteiger partial charge is 0.442 e. The van der Waals surface area contributed by atoms with Gasteiger partial charge in [0.1, 0.15) is 17.4 Å². The lowest BCUT2D eigenvalue weighted by atomic mass is 9.84. The van der Waals surface area contributed by atoms with Gasteiger partial charge in [-0.25, -0.2) is 4.99 Å². The summed E-state index contributed by atoms with van der Waals surface area (Å²) in [6, 6.07) is 5.82. The number of rotatable bonds is 6. The van der Waals surface area contributed by atoms with Crippen molar-refractivity contribution in [2.75, 3.05) is 14.1 Å². The maximum absolute atomic E-state index is 9.59. The highest BCUT2D eigenvalue weighted by molar-refractivity contribution is 7.08. The molecule has 0 aliphatic heterocycles. The maximum Gasteiger partial charge on any atom is 0.218 e. The van der Waals surface area contributed by atoms with Gasteiger partial charge in [0.2, 0.25) is 5.06 Å². The Morgan fingerprint density at radius 2 is 2.12 bits per heavy atom. The second-order valence-electron chi connectivity index (χ2n) is 6.92. The van der Waals surface area contributed by atoms with Crippen LogP contribution in [-0.4, -0.2) is 29.7 Å². The summed E-state index contributed by atoms with van der Waals surface area (Å²) in [4.78, 5) is 6.25. The van der Waals surface area contributed by atoms with Gasteiger partial charge in [-0.15, -0.1) is 0 Å². The molecule has 0 amide bonds. The number of hydrogen-bond donors (Lipinski definition) is 0. The summed E-state index contributed by atoms with van der Waals surface area (Å²) in [7, 11) is 3.81. The number of nitrogens with zero attached hydrogens (tertiary/aromatic N) is 4. The molecule has 1 heterocycles. The molecule has 5 nitrogen and oxygen atoms in total. The van der Waals surface area contributed by atoms with Gasteiger partial charge in [-0.3, -0.25) is 0 Å². The third kappa shape index (κ3) is 4.35. The predicted octanol–water partition coefficient (Wildman–Crippen LogP) is 5.68. The third-order valence-electron chi connectivity index (χ3n) is 4.18. The Bertz CT molecular complexity index is 865. The molecular formula is C19H23ClN4OS. The van der Waals surface area contributed by atoms with Crippen LogP contribution in [0.3, 0.4) is 0 Å². The number of nitriles is 1. The first-order chi connectivity index (χ1) is 12.2. The minimum atomic E-state index is -0.187. The van der Waals surface area contributed by atoms with Crippen LogP contribution in [-0.2, 0) is 5.41 Å². The van der Waals surface area contributed by atoms with Crippen LogP contribution >= 0.6 is 23.1 Å². The highest BCUT2D eigenvalue weighted by Crippen LogP contribution is 2.41. The van der Waals surface area contributed by atoms with E-state index < -0.39 is 0 Å². The van der Waals surface area contributed by atoms with Gasteiger partial charge in [0.05, 0.1) is 22.7 Å². The topological polar surface area (TPSA) is 61.5 Å². The molecule has 0 aliphatic rings. The number of halogens is 1. The average Bonchev–Trinajstić information content (AvgIpc) is 3.00. The van der Waals surface area contributed by atoms with E-state index in [-0.39, 0.29) is 5.41 Å². The van der Waals surface area contributed by atoms with Crippen LogP contribution in [0.4, 0.5) is 5.69 Å². The van der Waals surface area contributed by atoms with Crippen molar-refractivity contribution in [3.05, 3.63) is 34.0 Å². The monoisotopic (exact) mass is 390 g/mol. The third-order valence-corrected chi connectivity index (χ3v) is 5.20. The first kappa shape index (κ1) is 20.2. The van der Waals surface area contributed by atoms with E-state index in [2.05, 4.69) is 36.2 Å². The minimum Gasteiger partial charge on any atom is -0.442 e. The summed E-state index contributed by atoms with van der Waals surface area (Å²) in [5, 5.41) is 10.5. The van der Waals surface area contributed by atoms with E-state index in [1.807, 2.05) is 32.0 Å². The molecule has 1 aromatic carbocycles. The van der Waals surface area contributed by atoms with Gasteiger partial charge in [-0.05, 0) is 31.0 Å². The van der Waals surface area contributed by atoms with E-state index in [1.54, 1.807) is 12.4 Å². The van der Waals surface area contributed by atoms with Crippen molar-refractivity contribution in [2.45, 2.75) is 39.5 Å². The highest BCUT2D eigenvalue weighted by Gasteiger charge is 2.28. The number of aryl methyl sites for hydroxylation is 1. The molecule has 138 valence electrons. The summed E-state index contributed by atoms with van der Waals surface area (Å²) in [5.74, 6) is 0.494. The van der Waals surface area contributed by atoms with Crippen molar-refractivity contribution in [3.63, 3.8) is 0 Å². The Morgan fingerprint density at radius 3 is 2.69 bits per heavy atom. The van der Waals surface area contributed by atoms with Crippen LogP contribution in [0.2, 0.25) is 5.02 Å². The van der Waals surface area contributed by atoms with E-state index in [1.165, 1.54) is 11.5 Å². The number of aromatic nitrogens is 1. The van der Waals surface area contributed by atoms with Crippen LogP contribution in [0.25, 0.3) is 0 Å². The molecular weight excluding hydrogens is 368 g/mol. The number of hydrogen-bond acceptors (Lipinski definition) is 5. The molecule has 0 saturated carbocycles. The lowest BCUT2D eigenvalue weighted by molar-refractivity contribution is 0.479. The molecule has 0 radical (unpaired) electrons. The number of benzene rings is 1. The molecule has 0 atom stereocenters. The van der Waals surface area contributed by atoms with Gasteiger partial charge in [-0.2, -0.15) is 9.64 Å². The van der Waals surface area contributed by atoms with E-state index in [4.69, 9.17) is 16.3 Å². The van der Waals surface area contributed by atoms with Crippen molar-refractivity contribution < 1.29 is 4.74 Å². The second-order valence-corrected chi connectivity index (χ2v) is 8.07. The Balaban J connectivity index is 2.38. The highest BCUT2D eigenvalue weighted by atomic mass is 35.5. The smallest absolute Gasteiger partial charge is 0.218 e. The summed E-state index contributed by atoms with van der Waals surface area (Å²) >= 11 is 7.56. The van der Waals surface area contributed by atoms with E-state index in [9.17, 15) is 5.26 Å². The fourth-order valence-electron chi connectivity index (χ4n) is 2.21. The molecule has 2 aromatic rings. The fraction of sp³-hybridized carbons (Fsp3) is 0.421. The van der Waals surface area contributed by atoms with Crippen molar-refractivity contribution in [3.8, 4) is 16.9 Å². The zero-order chi connectivity index (χ0) is 19.5. The zero-order valence-electron chi connectivity index (χ0n) is 15.9. The summed E-state index contributed by atoms with van der Waals surface area (Å²) in [5.41, 5.74) is 2.76. The lowest BCUT2D eigenvalue weighted by Crippen LogP contribution is -2.17. The molecule has 0 N–H and O–H groups in total. The van der Waals surface area contributed by atoms with Gasteiger partial charge in [-0.1, -0.05) is 32.4 Å². The Kier molecular flexibility index (Phi) is 6.27. The quantitative estimate of drug-likeness (QED) is 0.470. The zero-order valence-corrected chi connectivity index (χ0v) is 17.5. The van der Waals surface area contributed by atoms with E-state index >= 15 is 0 Å². The standard InChI is InChI=1S/C19H23ClN4OS/c1-7-19(3,4)17-13(10-21)18(26-23-17)25-16-8-12(2)15(9-14(16)20)22-11-24(5)6/h8-9,11H,7H2,1-6H3. The van der Waals surface area contributed by atoms with Gasteiger partial charge >= 0.3 is 0 Å². The lowest BCUT2D eigenvalue weighted by Gasteiger charge is -2.20. The molecule has 0 aliphatic carbocycles. The van der Waals surface area contributed by atoms with Crippen molar-refractivity contribution in [1.82, 2.24) is 9.27 Å². The molecule has 1 aromatic heterocycles. The summed E-state index contributed by atoms with van der Waals surface area (Å²) < 4.78 is 10.4. The van der Waals surface area contributed by atoms with Crippen LogP contribution < -0.4 is 4.74 Å². The van der Waals surface area contributed by atoms with Gasteiger partial charge < -0.3 is 9.64 Å². The molecule has 0 fully saturated rings. The molecule has 26 heavy (non-hydrogen) atoms. The SMILES string of the molecule is CCC(C)(C)c1nsc(Oc2cc(C)c(N=CN(C)C)cc2Cl)c1C#N. The van der Waals surface area contributed by atoms with Crippen molar-refractivity contribution in [1.29, 1.82) is 5.26 Å². The van der Waals surface area contributed by atoms with E-state index in [0.29, 0.717) is 21.4 Å². The predicted molar refractivity (Wildman–Crippen MR) is 108 cm³/mol. The molecule has 0 unspecified atom stereocenters. The first-order valence-electron chi connectivity index (χ1n) is 8.28. The normalized spacial score (nSPS) is 11.6. The minimum absolute atomic E-state index is 0.187. The Hall–Kier alpha value is -2.10. The number of aliphatic imine (C=N–C) groups is 1. The van der Waals surface area contributed by atoms with Crippen LogP contribution in [0.5, 0.6) is 10.8 Å². The van der Waals surface area contributed by atoms with Crippen LogP contribution in [0.1, 0.15) is 44.0 Å². The summed E-state index contributed by atoms with van der Waals surface area (Å²) in [6.45, 7) is 8.16. The average molecular weight is 391 g/mol. The molecule has 0 saturated heterocycles. The number of ether oxygens (including phenoxy) is 1. The Morgan fingerprint density at radius 1 is 1.42 bits per heavy atom. The van der Waals surface area contributed by atoms with Gasteiger partial charge in [0.25, 0.3) is 0 Å². The van der Waals surface area contributed by atoms with Crippen LogP contribution in [0.15, 0.2) is 17.1 Å². The second kappa shape index (κ2) is 8.07. The molecule has 0 bridgehead atoms. The van der Waals surface area contributed by atoms with Gasteiger partial charge in [0.15, 0.2) is 0 Å². The Labute approximate surface area is 164 Å². The van der Waals surface area contributed by atoms with Crippen molar-refractivity contribution in [2.24, 2.45) is 4.99 Å². The van der Waals surface area contributed by atoms with Crippen molar-refractivity contribution >= 4 is 35.2 Å². The van der Waals surface area contributed by atoms with E-state index in [0.717, 1.165) is 23.4 Å². The van der Waals surface area contributed by atoms with Gasteiger partial charge in [0, 0.05) is 31.0 Å². The molecule has 7 heteroatoms. The molecule has 2 rings (SSSR count).